The van der Waals surface area contributed by atoms with E-state index >= 15 is 0 Å². The van der Waals surface area contributed by atoms with Crippen molar-refractivity contribution in [3.05, 3.63) is 52.5 Å². The molecule has 2 aromatic rings. The summed E-state index contributed by atoms with van der Waals surface area (Å²) in [5.74, 6) is 2.05. The predicted molar refractivity (Wildman–Crippen MR) is 88.8 cm³/mol. The molecule has 0 aliphatic carbocycles. The van der Waals surface area contributed by atoms with Crippen molar-refractivity contribution in [2.45, 2.75) is 18.3 Å². The standard InChI is InChI=1S/C15H17BrCl2N2/c1-20-8-7-19-14(20)5-6-15(10-17,11-18)12-3-2-4-13(16)9-12/h2-4,7-9H,5-6,10-11H2,1H3. The molecule has 0 radical (unpaired) electrons. The van der Waals surface area contributed by atoms with Crippen LogP contribution in [0.5, 0.6) is 0 Å². The molecule has 0 N–H and O–H groups in total. The second-order valence-corrected chi connectivity index (χ2v) is 6.46. The molecule has 0 atom stereocenters. The highest BCUT2D eigenvalue weighted by molar-refractivity contribution is 9.10. The van der Waals surface area contributed by atoms with Crippen molar-refractivity contribution < 1.29 is 0 Å². The Morgan fingerprint density at radius 3 is 2.60 bits per heavy atom. The first kappa shape index (κ1) is 15.9. The molecule has 0 bridgehead atoms. The fraction of sp³-hybridized carbons (Fsp3) is 0.400. The van der Waals surface area contributed by atoms with Gasteiger partial charge in [-0.25, -0.2) is 4.98 Å². The molecule has 0 saturated carbocycles. The van der Waals surface area contributed by atoms with Crippen LogP contribution in [0, 0.1) is 0 Å². The lowest BCUT2D eigenvalue weighted by Crippen LogP contribution is -2.31. The molecule has 2 nitrogen and oxygen atoms in total. The van der Waals surface area contributed by atoms with Crippen LogP contribution in [0.25, 0.3) is 0 Å². The van der Waals surface area contributed by atoms with Gasteiger partial charge in [-0.3, -0.25) is 0 Å². The number of imidazole rings is 1. The molecular weight excluding hydrogens is 359 g/mol. The Hall–Kier alpha value is -0.510. The molecule has 1 heterocycles. The van der Waals surface area contributed by atoms with Crippen molar-refractivity contribution in [3.8, 4) is 0 Å². The molecule has 0 fully saturated rings. The molecule has 5 heteroatoms. The summed E-state index contributed by atoms with van der Waals surface area (Å²) in [5.41, 5.74) is 0.949. The van der Waals surface area contributed by atoms with Crippen molar-refractivity contribution in [1.82, 2.24) is 9.55 Å². The van der Waals surface area contributed by atoms with Crippen molar-refractivity contribution in [2.24, 2.45) is 7.05 Å². The Labute approximate surface area is 138 Å². The summed E-state index contributed by atoms with van der Waals surface area (Å²) in [5, 5.41) is 0. The fourth-order valence-electron chi connectivity index (χ4n) is 2.27. The summed E-state index contributed by atoms with van der Waals surface area (Å²) < 4.78 is 3.08. The average molecular weight is 376 g/mol. The Kier molecular flexibility index (Phi) is 5.53. The van der Waals surface area contributed by atoms with Crippen molar-refractivity contribution in [2.75, 3.05) is 11.8 Å². The highest BCUT2D eigenvalue weighted by atomic mass is 79.9. The largest absolute Gasteiger partial charge is 0.338 e. The first-order valence-corrected chi connectivity index (χ1v) is 8.32. The lowest BCUT2D eigenvalue weighted by molar-refractivity contribution is 0.481. The van der Waals surface area contributed by atoms with Gasteiger partial charge >= 0.3 is 0 Å². The second-order valence-electron chi connectivity index (χ2n) is 5.01. The number of alkyl halides is 2. The van der Waals surface area contributed by atoms with Crippen LogP contribution in [0.4, 0.5) is 0 Å². The van der Waals surface area contributed by atoms with Crippen LogP contribution in [-0.4, -0.2) is 21.3 Å². The number of aryl methyl sites for hydroxylation is 2. The smallest absolute Gasteiger partial charge is 0.108 e. The van der Waals surface area contributed by atoms with Gasteiger partial charge in [0, 0.05) is 47.5 Å². The summed E-state index contributed by atoms with van der Waals surface area (Å²) in [6.07, 6.45) is 5.51. The maximum Gasteiger partial charge on any atom is 0.108 e. The number of halogens is 3. The Morgan fingerprint density at radius 2 is 2.05 bits per heavy atom. The van der Waals surface area contributed by atoms with Crippen LogP contribution in [0.3, 0.4) is 0 Å². The number of hydrogen-bond donors (Lipinski definition) is 0. The maximum absolute atomic E-state index is 6.26. The van der Waals surface area contributed by atoms with Gasteiger partial charge in [-0.05, 0) is 24.1 Å². The predicted octanol–water partition coefficient (Wildman–Crippen LogP) is 4.53. The molecule has 0 aliphatic rings. The van der Waals surface area contributed by atoms with Crippen LogP contribution < -0.4 is 0 Å². The van der Waals surface area contributed by atoms with E-state index in [0.717, 1.165) is 23.1 Å². The van der Waals surface area contributed by atoms with Gasteiger partial charge in [-0.2, -0.15) is 0 Å². The zero-order valence-electron chi connectivity index (χ0n) is 11.3. The van der Waals surface area contributed by atoms with E-state index in [1.807, 2.05) is 36.1 Å². The number of benzene rings is 1. The van der Waals surface area contributed by atoms with E-state index < -0.39 is 0 Å². The van der Waals surface area contributed by atoms with Crippen LogP contribution >= 0.6 is 39.1 Å². The van der Waals surface area contributed by atoms with E-state index in [0.29, 0.717) is 11.8 Å². The van der Waals surface area contributed by atoms with Gasteiger partial charge < -0.3 is 4.57 Å². The lowest BCUT2D eigenvalue weighted by atomic mass is 9.80. The summed E-state index contributed by atoms with van der Waals surface area (Å²) in [6, 6.07) is 8.22. The topological polar surface area (TPSA) is 17.8 Å². The molecule has 20 heavy (non-hydrogen) atoms. The average Bonchev–Trinajstić information content (AvgIpc) is 2.86. The molecule has 1 aromatic carbocycles. The number of hydrogen-bond acceptors (Lipinski definition) is 1. The van der Waals surface area contributed by atoms with Crippen LogP contribution in [0.2, 0.25) is 0 Å². The first-order valence-electron chi connectivity index (χ1n) is 6.45. The zero-order valence-corrected chi connectivity index (χ0v) is 14.4. The third kappa shape index (κ3) is 3.38. The third-order valence-corrected chi connectivity index (χ3v) is 5.21. The van der Waals surface area contributed by atoms with Crippen LogP contribution in [0.1, 0.15) is 17.8 Å². The van der Waals surface area contributed by atoms with E-state index in [1.54, 1.807) is 0 Å². The maximum atomic E-state index is 6.26. The van der Waals surface area contributed by atoms with Gasteiger partial charge in [0.1, 0.15) is 5.82 Å². The minimum absolute atomic E-state index is 0.223. The monoisotopic (exact) mass is 374 g/mol. The minimum Gasteiger partial charge on any atom is -0.338 e. The quantitative estimate of drug-likeness (QED) is 0.678. The van der Waals surface area contributed by atoms with Crippen molar-refractivity contribution >= 4 is 39.1 Å². The van der Waals surface area contributed by atoms with E-state index in [-0.39, 0.29) is 5.41 Å². The molecule has 0 spiro atoms. The summed E-state index contributed by atoms with van der Waals surface area (Å²) >= 11 is 16.0. The second kappa shape index (κ2) is 6.97. The van der Waals surface area contributed by atoms with Crippen LogP contribution in [0.15, 0.2) is 41.1 Å². The fourth-order valence-corrected chi connectivity index (χ4v) is 3.54. The van der Waals surface area contributed by atoms with Gasteiger partial charge in [0.05, 0.1) is 0 Å². The normalized spacial score (nSPS) is 11.8. The van der Waals surface area contributed by atoms with Gasteiger partial charge in [0.2, 0.25) is 0 Å². The van der Waals surface area contributed by atoms with E-state index in [2.05, 4.69) is 33.0 Å². The first-order chi connectivity index (χ1) is 9.61. The SMILES string of the molecule is Cn1ccnc1CCC(CCl)(CCl)c1cccc(Br)c1. The Morgan fingerprint density at radius 1 is 1.30 bits per heavy atom. The summed E-state index contributed by atoms with van der Waals surface area (Å²) in [4.78, 5) is 4.37. The molecule has 0 unspecified atom stereocenters. The highest BCUT2D eigenvalue weighted by Gasteiger charge is 2.31. The van der Waals surface area contributed by atoms with Crippen molar-refractivity contribution in [1.29, 1.82) is 0 Å². The Bertz CT molecular complexity index is 565. The third-order valence-electron chi connectivity index (χ3n) is 3.70. The summed E-state index contributed by atoms with van der Waals surface area (Å²) in [6.45, 7) is 0. The van der Waals surface area contributed by atoms with E-state index in [9.17, 15) is 0 Å². The summed E-state index contributed by atoms with van der Waals surface area (Å²) in [7, 11) is 2.00. The van der Waals surface area contributed by atoms with Gasteiger partial charge in [-0.1, -0.05) is 28.1 Å². The zero-order chi connectivity index (χ0) is 14.6. The Balaban J connectivity index is 2.23. The molecule has 1 aromatic heterocycles. The number of nitrogens with zero attached hydrogens (tertiary/aromatic N) is 2. The van der Waals surface area contributed by atoms with E-state index in [1.165, 1.54) is 5.56 Å². The van der Waals surface area contributed by atoms with E-state index in [4.69, 9.17) is 23.2 Å². The molecule has 2 rings (SSSR count). The minimum atomic E-state index is -0.223. The molecule has 0 aliphatic heterocycles. The lowest BCUT2D eigenvalue weighted by Gasteiger charge is -2.30. The van der Waals surface area contributed by atoms with Gasteiger partial charge in [0.25, 0.3) is 0 Å². The number of rotatable bonds is 6. The van der Waals surface area contributed by atoms with Crippen molar-refractivity contribution in [3.63, 3.8) is 0 Å². The highest BCUT2D eigenvalue weighted by Crippen LogP contribution is 2.33. The molecule has 0 amide bonds. The van der Waals surface area contributed by atoms with Gasteiger partial charge in [-0.15, -0.1) is 23.2 Å². The molecule has 108 valence electrons. The van der Waals surface area contributed by atoms with Gasteiger partial charge in [0.15, 0.2) is 0 Å². The molecular formula is C15H17BrCl2N2. The molecule has 0 saturated heterocycles. The van der Waals surface area contributed by atoms with Crippen LogP contribution in [-0.2, 0) is 18.9 Å². The number of aromatic nitrogens is 2.